The maximum atomic E-state index is 9.67. The molecule has 0 saturated heterocycles. The molecule has 0 bridgehead atoms. The molecule has 0 radical (unpaired) electrons. The molecule has 4 heteroatoms. The van der Waals surface area contributed by atoms with Crippen molar-refractivity contribution in [1.29, 1.82) is 0 Å². The summed E-state index contributed by atoms with van der Waals surface area (Å²) < 4.78 is 29.0. The number of nitrogens with zero attached hydrogens (tertiary/aromatic N) is 1. The van der Waals surface area contributed by atoms with Gasteiger partial charge in [-0.3, -0.25) is 4.98 Å². The van der Waals surface area contributed by atoms with E-state index in [-0.39, 0.29) is 0 Å². The minimum Gasteiger partial charge on any atom is -0.261 e. The highest BCUT2D eigenvalue weighted by Crippen LogP contribution is 1.98. The zero-order valence-electron chi connectivity index (χ0n) is 6.89. The van der Waals surface area contributed by atoms with Crippen molar-refractivity contribution < 1.29 is 13.2 Å². The van der Waals surface area contributed by atoms with Crippen LogP contribution >= 0.6 is 0 Å². The summed E-state index contributed by atoms with van der Waals surface area (Å²) in [6.07, 6.45) is 1.81. The Kier molecular flexibility index (Phi) is 5.08. The van der Waals surface area contributed by atoms with Gasteiger partial charge in [0.05, 0.1) is 0 Å². The third-order valence-electron chi connectivity index (χ3n) is 1.27. The SMILES string of the molecule is Cc1cccnc1C.FC(F)F. The van der Waals surface area contributed by atoms with E-state index in [4.69, 9.17) is 0 Å². The highest BCUT2D eigenvalue weighted by atomic mass is 19.4. The van der Waals surface area contributed by atoms with Crippen LogP contribution in [-0.4, -0.2) is 11.7 Å². The molecular formula is C8H10F3N. The molecule has 12 heavy (non-hydrogen) atoms. The van der Waals surface area contributed by atoms with Crippen LogP contribution in [0.4, 0.5) is 13.2 Å². The van der Waals surface area contributed by atoms with Crippen LogP contribution in [0.25, 0.3) is 0 Å². The fraction of sp³-hybridized carbons (Fsp3) is 0.375. The Bertz CT molecular complexity index is 202. The van der Waals surface area contributed by atoms with Crippen molar-refractivity contribution in [3.63, 3.8) is 0 Å². The number of hydrogen-bond acceptors (Lipinski definition) is 1. The van der Waals surface area contributed by atoms with Crippen molar-refractivity contribution in [3.8, 4) is 0 Å². The predicted octanol–water partition coefficient (Wildman–Crippen LogP) is 2.88. The van der Waals surface area contributed by atoms with Gasteiger partial charge in [0, 0.05) is 11.9 Å². The first-order chi connectivity index (χ1) is 5.54. The molecule has 0 spiro atoms. The quantitative estimate of drug-likeness (QED) is 0.593. The Morgan fingerprint density at radius 2 is 1.75 bits per heavy atom. The van der Waals surface area contributed by atoms with Crippen molar-refractivity contribution in [3.05, 3.63) is 29.6 Å². The van der Waals surface area contributed by atoms with E-state index in [0.717, 1.165) is 5.69 Å². The topological polar surface area (TPSA) is 12.9 Å². The monoisotopic (exact) mass is 177 g/mol. The molecular weight excluding hydrogens is 167 g/mol. The average Bonchev–Trinajstić information content (AvgIpc) is 1.94. The first-order valence-corrected chi connectivity index (χ1v) is 3.34. The van der Waals surface area contributed by atoms with Gasteiger partial charge in [-0.2, -0.15) is 13.2 Å². The molecule has 0 unspecified atom stereocenters. The first-order valence-electron chi connectivity index (χ1n) is 3.34. The Morgan fingerprint density at radius 3 is 2.00 bits per heavy atom. The maximum absolute atomic E-state index is 9.67. The van der Waals surface area contributed by atoms with Gasteiger partial charge in [0.15, 0.2) is 0 Å². The summed E-state index contributed by atoms with van der Waals surface area (Å²) >= 11 is 0. The Labute approximate surface area is 69.2 Å². The predicted molar refractivity (Wildman–Crippen MR) is 40.8 cm³/mol. The lowest BCUT2D eigenvalue weighted by Gasteiger charge is -1.92. The molecule has 1 aromatic heterocycles. The lowest BCUT2D eigenvalue weighted by Crippen LogP contribution is -1.81. The molecule has 0 saturated carbocycles. The molecule has 68 valence electrons. The maximum Gasteiger partial charge on any atom is 0.379 e. The molecule has 1 aromatic rings. The van der Waals surface area contributed by atoms with E-state index in [1.807, 2.05) is 19.2 Å². The normalized spacial score (nSPS) is 9.17. The van der Waals surface area contributed by atoms with Gasteiger partial charge >= 0.3 is 6.68 Å². The van der Waals surface area contributed by atoms with Crippen molar-refractivity contribution in [2.75, 3.05) is 0 Å². The van der Waals surface area contributed by atoms with E-state index in [1.165, 1.54) is 5.56 Å². The smallest absolute Gasteiger partial charge is 0.261 e. The van der Waals surface area contributed by atoms with E-state index in [0.29, 0.717) is 0 Å². The first kappa shape index (κ1) is 10.9. The molecule has 1 nitrogen and oxygen atoms in total. The minimum atomic E-state index is -3.67. The lowest BCUT2D eigenvalue weighted by atomic mass is 10.2. The van der Waals surface area contributed by atoms with E-state index in [9.17, 15) is 13.2 Å². The van der Waals surface area contributed by atoms with Crippen LogP contribution in [0.2, 0.25) is 0 Å². The number of aryl methyl sites for hydroxylation is 2. The van der Waals surface area contributed by atoms with Crippen LogP contribution < -0.4 is 0 Å². The average molecular weight is 177 g/mol. The summed E-state index contributed by atoms with van der Waals surface area (Å²) in [7, 11) is 0. The van der Waals surface area contributed by atoms with Gasteiger partial charge in [0.2, 0.25) is 0 Å². The van der Waals surface area contributed by atoms with Gasteiger partial charge in [0.25, 0.3) is 0 Å². The Hall–Kier alpha value is -1.06. The second-order valence-corrected chi connectivity index (χ2v) is 2.15. The summed E-state index contributed by atoms with van der Waals surface area (Å²) in [5.74, 6) is 0. The van der Waals surface area contributed by atoms with Gasteiger partial charge in [-0.1, -0.05) is 6.07 Å². The third-order valence-corrected chi connectivity index (χ3v) is 1.27. The van der Waals surface area contributed by atoms with Gasteiger partial charge < -0.3 is 0 Å². The van der Waals surface area contributed by atoms with Crippen LogP contribution in [0.1, 0.15) is 11.3 Å². The van der Waals surface area contributed by atoms with E-state index < -0.39 is 6.68 Å². The summed E-state index contributed by atoms with van der Waals surface area (Å²) in [5, 5.41) is 0. The van der Waals surface area contributed by atoms with E-state index >= 15 is 0 Å². The molecule has 0 fully saturated rings. The summed E-state index contributed by atoms with van der Waals surface area (Å²) in [6, 6.07) is 4.00. The number of hydrogen-bond donors (Lipinski definition) is 0. The van der Waals surface area contributed by atoms with Crippen molar-refractivity contribution in [2.24, 2.45) is 0 Å². The van der Waals surface area contributed by atoms with E-state index in [2.05, 4.69) is 18.0 Å². The summed E-state index contributed by atoms with van der Waals surface area (Å²) in [5.41, 5.74) is 2.38. The molecule has 0 amide bonds. The van der Waals surface area contributed by atoms with Crippen molar-refractivity contribution in [1.82, 2.24) is 4.98 Å². The molecule has 0 N–H and O–H groups in total. The largest absolute Gasteiger partial charge is 0.379 e. The highest BCUT2D eigenvalue weighted by molar-refractivity contribution is 5.15. The second kappa shape index (κ2) is 5.57. The summed E-state index contributed by atoms with van der Waals surface area (Å²) in [4.78, 5) is 4.08. The number of pyridine rings is 1. The van der Waals surface area contributed by atoms with Crippen LogP contribution in [0.3, 0.4) is 0 Å². The standard InChI is InChI=1S/C7H9N.CHF3/c1-6-4-3-5-8-7(6)2;2-1(3)4/h3-5H,1-2H3;1H. The van der Waals surface area contributed by atoms with Crippen molar-refractivity contribution in [2.45, 2.75) is 20.5 Å². The zero-order chi connectivity index (χ0) is 9.56. The fourth-order valence-corrected chi connectivity index (χ4v) is 0.565. The number of alkyl halides is 3. The fourth-order valence-electron chi connectivity index (χ4n) is 0.565. The molecule has 0 atom stereocenters. The van der Waals surface area contributed by atoms with E-state index in [1.54, 1.807) is 0 Å². The minimum absolute atomic E-state index is 1.12. The lowest BCUT2D eigenvalue weighted by molar-refractivity contribution is 0.00819. The third kappa shape index (κ3) is 5.70. The number of rotatable bonds is 0. The molecule has 1 rings (SSSR count). The zero-order valence-corrected chi connectivity index (χ0v) is 6.89. The second-order valence-electron chi connectivity index (χ2n) is 2.15. The molecule has 1 heterocycles. The van der Waals surface area contributed by atoms with Gasteiger partial charge in [0.1, 0.15) is 0 Å². The van der Waals surface area contributed by atoms with Crippen molar-refractivity contribution >= 4 is 0 Å². The van der Waals surface area contributed by atoms with Crippen LogP contribution in [0.5, 0.6) is 0 Å². The molecule has 0 aliphatic carbocycles. The number of aromatic nitrogens is 1. The van der Waals surface area contributed by atoms with Gasteiger partial charge in [-0.05, 0) is 25.5 Å². The summed E-state index contributed by atoms with van der Waals surface area (Å²) in [6.45, 7) is 0.400. The molecule has 0 aromatic carbocycles. The molecule has 0 aliphatic rings. The van der Waals surface area contributed by atoms with Gasteiger partial charge in [-0.25, -0.2) is 0 Å². The Morgan fingerprint density at radius 1 is 1.25 bits per heavy atom. The van der Waals surface area contributed by atoms with Crippen LogP contribution in [-0.2, 0) is 0 Å². The Balaban J connectivity index is 0.000000261. The number of halogens is 3. The highest BCUT2D eigenvalue weighted by Gasteiger charge is 1.86. The van der Waals surface area contributed by atoms with Crippen LogP contribution in [0, 0.1) is 13.8 Å². The van der Waals surface area contributed by atoms with Gasteiger partial charge in [-0.15, -0.1) is 0 Å². The molecule has 0 aliphatic heterocycles. The van der Waals surface area contributed by atoms with Crippen LogP contribution in [0.15, 0.2) is 18.3 Å².